The van der Waals surface area contributed by atoms with Crippen LogP contribution in [-0.2, 0) is 17.8 Å². The van der Waals surface area contributed by atoms with Crippen molar-refractivity contribution in [3.05, 3.63) is 41.3 Å². The number of nitrogens with zero attached hydrogens (tertiary/aromatic N) is 5. The van der Waals surface area contributed by atoms with Crippen LogP contribution in [-0.4, -0.2) is 30.2 Å². The second-order valence-electron chi connectivity index (χ2n) is 6.59. The lowest BCUT2D eigenvalue weighted by molar-refractivity contribution is -0.0379. The van der Waals surface area contributed by atoms with Crippen LogP contribution in [0.15, 0.2) is 30.9 Å². The van der Waals surface area contributed by atoms with E-state index < -0.39 is 0 Å². The Labute approximate surface area is 142 Å². The predicted molar refractivity (Wildman–Crippen MR) is 92.0 cm³/mol. The molecule has 4 aromatic rings. The highest BCUT2D eigenvalue weighted by molar-refractivity contribution is 7.19. The van der Waals surface area contributed by atoms with E-state index in [1.165, 1.54) is 10.4 Å². The van der Waals surface area contributed by atoms with Gasteiger partial charge in [-0.05, 0) is 31.5 Å². The van der Waals surface area contributed by atoms with Crippen LogP contribution in [0.2, 0.25) is 0 Å². The van der Waals surface area contributed by atoms with Gasteiger partial charge in [0, 0.05) is 29.3 Å². The summed E-state index contributed by atoms with van der Waals surface area (Å²) < 4.78 is 7.71. The van der Waals surface area contributed by atoms with Crippen molar-refractivity contribution >= 4 is 27.2 Å². The molecule has 4 aromatic heterocycles. The van der Waals surface area contributed by atoms with Gasteiger partial charge in [-0.3, -0.25) is 4.98 Å². The molecule has 0 aliphatic carbocycles. The Morgan fingerprint density at radius 2 is 2.08 bits per heavy atom. The molecule has 1 aliphatic rings. The zero-order valence-corrected chi connectivity index (χ0v) is 14.2. The van der Waals surface area contributed by atoms with Crippen molar-refractivity contribution in [3.63, 3.8) is 0 Å². The SMILES string of the molecule is CC1(C)Cc2c(sc3ncn4nc(-c5ccncc5)nc4c23)CO1. The van der Waals surface area contributed by atoms with E-state index in [0.717, 1.165) is 27.8 Å². The molecular weight excluding hydrogens is 322 g/mol. The molecule has 1 aliphatic heterocycles. The first kappa shape index (κ1) is 14.0. The molecule has 120 valence electrons. The van der Waals surface area contributed by atoms with Gasteiger partial charge in [0.1, 0.15) is 11.2 Å². The van der Waals surface area contributed by atoms with Crippen LogP contribution in [0.1, 0.15) is 24.3 Å². The summed E-state index contributed by atoms with van der Waals surface area (Å²) in [5.41, 5.74) is 2.96. The first-order valence-electron chi connectivity index (χ1n) is 7.81. The molecule has 0 aromatic carbocycles. The Kier molecular flexibility index (Phi) is 2.81. The topological polar surface area (TPSA) is 65.2 Å². The van der Waals surface area contributed by atoms with E-state index in [9.17, 15) is 0 Å². The molecule has 6 nitrogen and oxygen atoms in total. The summed E-state index contributed by atoms with van der Waals surface area (Å²) in [6, 6.07) is 3.83. The zero-order chi connectivity index (χ0) is 16.3. The molecule has 5 heterocycles. The van der Waals surface area contributed by atoms with Crippen LogP contribution in [0.5, 0.6) is 0 Å². The van der Waals surface area contributed by atoms with Crippen molar-refractivity contribution in [2.45, 2.75) is 32.5 Å². The summed E-state index contributed by atoms with van der Waals surface area (Å²) in [6.45, 7) is 4.89. The molecule has 0 bridgehead atoms. The molecule has 5 rings (SSSR count). The maximum absolute atomic E-state index is 5.94. The summed E-state index contributed by atoms with van der Waals surface area (Å²) in [5.74, 6) is 0.693. The molecule has 0 spiro atoms. The number of thiophene rings is 1. The van der Waals surface area contributed by atoms with Gasteiger partial charge >= 0.3 is 0 Å². The number of fused-ring (bicyclic) bond motifs is 5. The van der Waals surface area contributed by atoms with E-state index in [1.807, 2.05) is 12.1 Å². The molecule has 0 N–H and O–H groups in total. The fraction of sp³-hybridized carbons (Fsp3) is 0.294. The second-order valence-corrected chi connectivity index (χ2v) is 7.68. The van der Waals surface area contributed by atoms with E-state index in [-0.39, 0.29) is 5.60 Å². The molecule has 0 unspecified atom stereocenters. The van der Waals surface area contributed by atoms with Gasteiger partial charge in [-0.1, -0.05) is 0 Å². The fourth-order valence-corrected chi connectivity index (χ4v) is 4.23. The van der Waals surface area contributed by atoms with Gasteiger partial charge < -0.3 is 4.74 Å². The van der Waals surface area contributed by atoms with Gasteiger partial charge in [-0.25, -0.2) is 14.5 Å². The summed E-state index contributed by atoms with van der Waals surface area (Å²) in [6.07, 6.45) is 6.10. The molecular formula is C17H15N5OS. The van der Waals surface area contributed by atoms with Crippen molar-refractivity contribution in [2.75, 3.05) is 0 Å². The minimum Gasteiger partial charge on any atom is -0.370 e. The summed E-state index contributed by atoms with van der Waals surface area (Å²) in [7, 11) is 0. The van der Waals surface area contributed by atoms with Crippen LogP contribution < -0.4 is 0 Å². The molecule has 0 fully saturated rings. The number of aromatic nitrogens is 5. The van der Waals surface area contributed by atoms with Crippen molar-refractivity contribution < 1.29 is 4.74 Å². The standard InChI is InChI=1S/C17H15N5OS/c1-17(2)7-11-12(8-23-17)24-16-13(11)15-20-14(21-22(15)9-19-16)10-3-5-18-6-4-10/h3-6,9H,7-8H2,1-2H3. The van der Waals surface area contributed by atoms with Crippen LogP contribution in [0.3, 0.4) is 0 Å². The maximum Gasteiger partial charge on any atom is 0.182 e. The van der Waals surface area contributed by atoms with Gasteiger partial charge in [-0.15, -0.1) is 16.4 Å². The maximum atomic E-state index is 5.94. The first-order valence-corrected chi connectivity index (χ1v) is 8.62. The second kappa shape index (κ2) is 4.81. The first-order chi connectivity index (χ1) is 11.6. The monoisotopic (exact) mass is 337 g/mol. The highest BCUT2D eigenvalue weighted by Crippen LogP contribution is 2.39. The van der Waals surface area contributed by atoms with E-state index in [2.05, 4.69) is 28.9 Å². The van der Waals surface area contributed by atoms with Gasteiger partial charge in [0.15, 0.2) is 11.5 Å². The third kappa shape index (κ3) is 2.05. The third-order valence-corrected chi connectivity index (χ3v) is 5.46. The van der Waals surface area contributed by atoms with Crippen molar-refractivity contribution in [1.82, 2.24) is 24.6 Å². The molecule has 0 atom stereocenters. The lowest BCUT2D eigenvalue weighted by Crippen LogP contribution is -2.31. The molecule has 0 amide bonds. The number of pyridine rings is 1. The summed E-state index contributed by atoms with van der Waals surface area (Å²) >= 11 is 1.69. The number of rotatable bonds is 1. The normalized spacial score (nSPS) is 16.6. The zero-order valence-electron chi connectivity index (χ0n) is 13.4. The van der Waals surface area contributed by atoms with E-state index in [1.54, 1.807) is 34.6 Å². The largest absolute Gasteiger partial charge is 0.370 e. The van der Waals surface area contributed by atoms with Crippen molar-refractivity contribution in [2.24, 2.45) is 0 Å². The Balaban J connectivity index is 1.78. The van der Waals surface area contributed by atoms with Crippen LogP contribution >= 0.6 is 11.3 Å². The minimum absolute atomic E-state index is 0.165. The van der Waals surface area contributed by atoms with Crippen LogP contribution in [0, 0.1) is 0 Å². The van der Waals surface area contributed by atoms with E-state index in [4.69, 9.17) is 9.72 Å². The highest BCUT2D eigenvalue weighted by atomic mass is 32.1. The average Bonchev–Trinajstić information content (AvgIpc) is 3.15. The average molecular weight is 337 g/mol. The van der Waals surface area contributed by atoms with Gasteiger partial charge in [0.2, 0.25) is 0 Å². The molecule has 0 radical (unpaired) electrons. The highest BCUT2D eigenvalue weighted by Gasteiger charge is 2.30. The van der Waals surface area contributed by atoms with E-state index in [0.29, 0.717) is 12.4 Å². The molecule has 7 heteroatoms. The lowest BCUT2D eigenvalue weighted by Gasteiger charge is -2.30. The molecule has 0 saturated carbocycles. The van der Waals surface area contributed by atoms with Crippen molar-refractivity contribution in [1.29, 1.82) is 0 Å². The molecule has 24 heavy (non-hydrogen) atoms. The number of hydrogen-bond donors (Lipinski definition) is 0. The van der Waals surface area contributed by atoms with Gasteiger partial charge in [0.05, 0.1) is 17.6 Å². The fourth-order valence-electron chi connectivity index (χ4n) is 3.17. The lowest BCUT2D eigenvalue weighted by atomic mass is 9.94. The smallest absolute Gasteiger partial charge is 0.182 e. The van der Waals surface area contributed by atoms with Gasteiger partial charge in [-0.2, -0.15) is 0 Å². The quantitative estimate of drug-likeness (QED) is 0.533. The minimum atomic E-state index is -0.165. The summed E-state index contributed by atoms with van der Waals surface area (Å²) in [4.78, 5) is 15.7. The Hall–Kier alpha value is -2.38. The number of hydrogen-bond acceptors (Lipinski definition) is 6. The van der Waals surface area contributed by atoms with Gasteiger partial charge in [0.25, 0.3) is 0 Å². The third-order valence-electron chi connectivity index (χ3n) is 4.35. The molecule has 0 saturated heterocycles. The Morgan fingerprint density at radius 3 is 2.92 bits per heavy atom. The van der Waals surface area contributed by atoms with Crippen LogP contribution in [0.4, 0.5) is 0 Å². The van der Waals surface area contributed by atoms with E-state index >= 15 is 0 Å². The van der Waals surface area contributed by atoms with Crippen molar-refractivity contribution in [3.8, 4) is 11.4 Å². The Bertz CT molecular complexity index is 1070. The summed E-state index contributed by atoms with van der Waals surface area (Å²) in [5, 5.41) is 5.70. The predicted octanol–water partition coefficient (Wildman–Crippen LogP) is 3.25. The number of ether oxygens (including phenoxy) is 1. The van der Waals surface area contributed by atoms with Crippen LogP contribution in [0.25, 0.3) is 27.3 Å². The Morgan fingerprint density at radius 1 is 1.25 bits per heavy atom.